The van der Waals surface area contributed by atoms with Gasteiger partial charge < -0.3 is 9.73 Å². The van der Waals surface area contributed by atoms with E-state index < -0.39 is 0 Å². The molecule has 1 saturated heterocycles. The van der Waals surface area contributed by atoms with Crippen LogP contribution in [0.2, 0.25) is 0 Å². The van der Waals surface area contributed by atoms with Crippen LogP contribution < -0.4 is 5.32 Å². The summed E-state index contributed by atoms with van der Waals surface area (Å²) in [4.78, 5) is 0. The molecular formula is C7H12N3OS+. The van der Waals surface area contributed by atoms with Gasteiger partial charge in [0, 0.05) is 12.8 Å². The van der Waals surface area contributed by atoms with Gasteiger partial charge in [0.15, 0.2) is 6.04 Å². The van der Waals surface area contributed by atoms with Crippen molar-refractivity contribution in [2.45, 2.75) is 24.1 Å². The highest BCUT2D eigenvalue weighted by atomic mass is 32.2. The summed E-state index contributed by atoms with van der Waals surface area (Å²) in [6.07, 6.45) is 4.35. The second-order valence-corrected chi connectivity index (χ2v) is 3.64. The summed E-state index contributed by atoms with van der Waals surface area (Å²) in [5, 5.41) is 10.8. The molecule has 0 aliphatic carbocycles. The minimum absolute atomic E-state index is 0.415. The Morgan fingerprint density at radius 3 is 3.08 bits per heavy atom. The molecule has 0 radical (unpaired) electrons. The van der Waals surface area contributed by atoms with Crippen molar-refractivity contribution in [1.82, 2.24) is 10.2 Å². The SMILES string of the molecule is CSc1nnc([C@@H]2CCC[NH2+]2)o1. The van der Waals surface area contributed by atoms with E-state index in [-0.39, 0.29) is 0 Å². The van der Waals surface area contributed by atoms with Gasteiger partial charge in [-0.05, 0) is 6.26 Å². The molecule has 0 amide bonds. The lowest BCUT2D eigenvalue weighted by Crippen LogP contribution is -2.81. The van der Waals surface area contributed by atoms with Gasteiger partial charge in [-0.1, -0.05) is 11.8 Å². The number of nitrogens with two attached hydrogens (primary N) is 1. The second-order valence-electron chi connectivity index (χ2n) is 2.88. The van der Waals surface area contributed by atoms with E-state index in [1.54, 1.807) is 0 Å². The van der Waals surface area contributed by atoms with Crippen LogP contribution in [0.15, 0.2) is 9.64 Å². The van der Waals surface area contributed by atoms with E-state index in [0.29, 0.717) is 11.3 Å². The smallest absolute Gasteiger partial charge is 0.276 e. The largest absolute Gasteiger partial charge is 0.410 e. The molecule has 1 atom stereocenters. The van der Waals surface area contributed by atoms with E-state index in [1.807, 2.05) is 6.26 Å². The summed E-state index contributed by atoms with van der Waals surface area (Å²) in [6, 6.07) is 0.415. The molecule has 1 aromatic rings. The maximum Gasteiger partial charge on any atom is 0.276 e. The zero-order valence-corrected chi connectivity index (χ0v) is 7.80. The highest BCUT2D eigenvalue weighted by Crippen LogP contribution is 2.19. The number of thioether (sulfide) groups is 1. The fourth-order valence-corrected chi connectivity index (χ4v) is 1.74. The molecule has 12 heavy (non-hydrogen) atoms. The molecule has 2 heterocycles. The minimum Gasteiger partial charge on any atom is -0.410 e. The number of aromatic nitrogens is 2. The second kappa shape index (κ2) is 3.45. The fraction of sp³-hybridized carbons (Fsp3) is 0.714. The lowest BCUT2D eigenvalue weighted by Gasteiger charge is -1.98. The molecule has 2 N–H and O–H groups in total. The minimum atomic E-state index is 0.415. The van der Waals surface area contributed by atoms with Gasteiger partial charge in [0.05, 0.1) is 6.54 Å². The molecular weight excluding hydrogens is 174 g/mol. The van der Waals surface area contributed by atoms with Crippen molar-refractivity contribution in [1.29, 1.82) is 0 Å². The Bertz CT molecular complexity index is 257. The topological polar surface area (TPSA) is 55.5 Å². The van der Waals surface area contributed by atoms with Gasteiger partial charge in [0.2, 0.25) is 0 Å². The molecule has 0 saturated carbocycles. The Morgan fingerprint density at radius 2 is 2.50 bits per heavy atom. The molecule has 0 bridgehead atoms. The molecule has 1 aliphatic rings. The van der Waals surface area contributed by atoms with E-state index in [9.17, 15) is 0 Å². The predicted octanol–water partition coefficient (Wildman–Crippen LogP) is 0.190. The van der Waals surface area contributed by atoms with E-state index in [4.69, 9.17) is 4.42 Å². The van der Waals surface area contributed by atoms with E-state index in [0.717, 1.165) is 12.3 Å². The third kappa shape index (κ3) is 1.47. The molecule has 2 rings (SSSR count). The zero-order chi connectivity index (χ0) is 8.39. The average Bonchev–Trinajstić information content (AvgIpc) is 2.75. The van der Waals surface area contributed by atoms with Gasteiger partial charge in [-0.15, -0.1) is 10.2 Å². The van der Waals surface area contributed by atoms with Gasteiger partial charge in [0.25, 0.3) is 11.1 Å². The summed E-state index contributed by atoms with van der Waals surface area (Å²) in [7, 11) is 0. The average molecular weight is 186 g/mol. The van der Waals surface area contributed by atoms with Crippen LogP contribution >= 0.6 is 11.8 Å². The van der Waals surface area contributed by atoms with Gasteiger partial charge in [-0.2, -0.15) is 0 Å². The predicted molar refractivity (Wildman–Crippen MR) is 44.8 cm³/mol. The van der Waals surface area contributed by atoms with Crippen molar-refractivity contribution < 1.29 is 9.73 Å². The number of rotatable bonds is 2. The van der Waals surface area contributed by atoms with Crippen LogP contribution in [0, 0.1) is 0 Å². The third-order valence-electron chi connectivity index (χ3n) is 2.08. The van der Waals surface area contributed by atoms with Crippen molar-refractivity contribution in [3.05, 3.63) is 5.89 Å². The van der Waals surface area contributed by atoms with Crippen LogP contribution in [-0.2, 0) is 0 Å². The summed E-state index contributed by atoms with van der Waals surface area (Å²) >= 11 is 1.49. The first kappa shape index (κ1) is 8.07. The van der Waals surface area contributed by atoms with Gasteiger partial charge in [0.1, 0.15) is 0 Å². The van der Waals surface area contributed by atoms with E-state index >= 15 is 0 Å². The highest BCUT2D eigenvalue weighted by molar-refractivity contribution is 7.98. The van der Waals surface area contributed by atoms with Crippen molar-refractivity contribution in [2.24, 2.45) is 0 Å². The molecule has 5 heteroatoms. The van der Waals surface area contributed by atoms with Crippen LogP contribution in [-0.4, -0.2) is 23.0 Å². The Hall–Kier alpha value is -0.550. The maximum atomic E-state index is 5.43. The van der Waals surface area contributed by atoms with Crippen LogP contribution in [0.3, 0.4) is 0 Å². The fourth-order valence-electron chi connectivity index (χ4n) is 1.45. The molecule has 4 nitrogen and oxygen atoms in total. The number of nitrogens with zero attached hydrogens (tertiary/aromatic N) is 2. The molecule has 0 spiro atoms. The quantitative estimate of drug-likeness (QED) is 0.670. The van der Waals surface area contributed by atoms with Crippen molar-refractivity contribution in [2.75, 3.05) is 12.8 Å². The first-order valence-electron chi connectivity index (χ1n) is 4.11. The lowest BCUT2D eigenvalue weighted by molar-refractivity contribution is -0.678. The number of hydrogen-bond donors (Lipinski definition) is 1. The first-order chi connectivity index (χ1) is 5.90. The Morgan fingerprint density at radius 1 is 1.58 bits per heavy atom. The van der Waals surface area contributed by atoms with Crippen LogP contribution in [0.4, 0.5) is 0 Å². The van der Waals surface area contributed by atoms with Crippen molar-refractivity contribution >= 4 is 11.8 Å². The summed E-state index contributed by atoms with van der Waals surface area (Å²) < 4.78 is 5.43. The summed E-state index contributed by atoms with van der Waals surface area (Å²) in [5.41, 5.74) is 0. The van der Waals surface area contributed by atoms with E-state index in [1.165, 1.54) is 24.7 Å². The molecule has 0 unspecified atom stereocenters. The standard InChI is InChI=1S/C7H11N3OS/c1-12-7-10-9-6(11-7)5-3-2-4-8-5/h5,8H,2-4H2,1H3/p+1/t5-/m0/s1. The first-order valence-corrected chi connectivity index (χ1v) is 5.33. The zero-order valence-electron chi connectivity index (χ0n) is 6.99. The Kier molecular flexibility index (Phi) is 2.32. The van der Waals surface area contributed by atoms with Crippen LogP contribution in [0.1, 0.15) is 24.8 Å². The van der Waals surface area contributed by atoms with Crippen molar-refractivity contribution in [3.63, 3.8) is 0 Å². The summed E-state index contributed by atoms with van der Waals surface area (Å²) in [5.74, 6) is 0.789. The van der Waals surface area contributed by atoms with Crippen LogP contribution in [0.25, 0.3) is 0 Å². The Balaban J connectivity index is 2.11. The van der Waals surface area contributed by atoms with E-state index in [2.05, 4.69) is 15.5 Å². The summed E-state index contributed by atoms with van der Waals surface area (Å²) in [6.45, 7) is 1.18. The van der Waals surface area contributed by atoms with Gasteiger partial charge >= 0.3 is 0 Å². The molecule has 1 aliphatic heterocycles. The normalized spacial score (nSPS) is 23.2. The number of quaternary nitrogens is 1. The molecule has 1 fully saturated rings. The molecule has 1 aromatic heterocycles. The highest BCUT2D eigenvalue weighted by Gasteiger charge is 2.25. The maximum absolute atomic E-state index is 5.43. The lowest BCUT2D eigenvalue weighted by atomic mass is 10.2. The van der Waals surface area contributed by atoms with Crippen LogP contribution in [0.5, 0.6) is 0 Å². The van der Waals surface area contributed by atoms with Gasteiger partial charge in [-0.3, -0.25) is 0 Å². The monoisotopic (exact) mass is 186 g/mol. The Labute approximate surface area is 75.1 Å². The third-order valence-corrected chi connectivity index (χ3v) is 2.60. The van der Waals surface area contributed by atoms with Gasteiger partial charge in [-0.25, -0.2) is 0 Å². The molecule has 0 aromatic carbocycles. The number of hydrogen-bond acceptors (Lipinski definition) is 4. The molecule has 66 valence electrons. The van der Waals surface area contributed by atoms with Crippen molar-refractivity contribution in [3.8, 4) is 0 Å².